The topological polar surface area (TPSA) is 85.4 Å². The van der Waals surface area contributed by atoms with Gasteiger partial charge >= 0.3 is 0 Å². The molecule has 1 aromatic carbocycles. The van der Waals surface area contributed by atoms with Crippen molar-refractivity contribution in [1.29, 1.82) is 0 Å². The second kappa shape index (κ2) is 9.75. The first-order chi connectivity index (χ1) is 15.2. The average molecular weight is 421 g/mol. The molecule has 0 aliphatic heterocycles. The third kappa shape index (κ3) is 5.11. The van der Waals surface area contributed by atoms with Crippen LogP contribution in [0, 0.1) is 5.92 Å². The number of benzene rings is 1. The first-order valence-corrected chi connectivity index (χ1v) is 10.6. The van der Waals surface area contributed by atoms with Crippen molar-refractivity contribution in [2.24, 2.45) is 5.92 Å². The molecule has 2 N–H and O–H groups in total. The van der Waals surface area contributed by atoms with Crippen LogP contribution in [0.1, 0.15) is 40.9 Å². The van der Waals surface area contributed by atoms with Gasteiger partial charge in [-0.1, -0.05) is 12.5 Å². The smallest absolute Gasteiger partial charge is 0.253 e. The molecule has 7 nitrogen and oxygen atoms in total. The molecule has 1 saturated carbocycles. The van der Waals surface area contributed by atoms with Gasteiger partial charge < -0.3 is 20.1 Å². The monoisotopic (exact) mass is 420 g/mol. The number of rotatable bonds is 9. The van der Waals surface area contributed by atoms with Gasteiger partial charge in [0.2, 0.25) is 5.88 Å². The molecule has 1 aliphatic rings. The number of amides is 1. The van der Waals surface area contributed by atoms with Crippen molar-refractivity contribution in [2.45, 2.75) is 32.4 Å². The molecule has 1 amide bonds. The van der Waals surface area contributed by atoms with Gasteiger partial charge in [0.05, 0.1) is 38.2 Å². The summed E-state index contributed by atoms with van der Waals surface area (Å²) in [6.07, 6.45) is 7.12. The summed E-state index contributed by atoms with van der Waals surface area (Å²) in [4.78, 5) is 21.1. The second-order valence-electron chi connectivity index (χ2n) is 7.90. The Morgan fingerprint density at radius 2 is 1.97 bits per heavy atom. The van der Waals surface area contributed by atoms with Crippen LogP contribution in [0.2, 0.25) is 0 Å². The number of ether oxygens (including phenoxy) is 2. The Labute approximate surface area is 182 Å². The Balaban J connectivity index is 1.46. The van der Waals surface area contributed by atoms with Gasteiger partial charge in [-0.3, -0.25) is 9.78 Å². The fraction of sp³-hybridized carbons (Fsp3) is 0.375. The summed E-state index contributed by atoms with van der Waals surface area (Å²) in [6, 6.07) is 9.96. The number of methoxy groups -OCH3 is 2. The predicted molar refractivity (Wildman–Crippen MR) is 119 cm³/mol. The predicted octanol–water partition coefficient (Wildman–Crippen LogP) is 3.47. The largest absolute Gasteiger partial charge is 0.495 e. The van der Waals surface area contributed by atoms with Gasteiger partial charge in [-0.2, -0.15) is 0 Å². The molecule has 0 spiro atoms. The molecule has 0 radical (unpaired) electrons. The highest BCUT2D eigenvalue weighted by Gasteiger charge is 2.16. The van der Waals surface area contributed by atoms with Crippen molar-refractivity contribution in [3.05, 3.63) is 59.5 Å². The van der Waals surface area contributed by atoms with Crippen LogP contribution >= 0.6 is 0 Å². The fourth-order valence-electron chi connectivity index (χ4n) is 3.73. The van der Waals surface area contributed by atoms with Crippen molar-refractivity contribution in [2.75, 3.05) is 20.8 Å². The Hall–Kier alpha value is -3.19. The molecule has 1 fully saturated rings. The van der Waals surface area contributed by atoms with Crippen LogP contribution in [0.4, 0.5) is 0 Å². The molecule has 4 rings (SSSR count). The number of fused-ring (bicyclic) bond motifs is 1. The number of hydrogen-bond acceptors (Lipinski definition) is 6. The third-order valence-electron chi connectivity index (χ3n) is 5.73. The summed E-state index contributed by atoms with van der Waals surface area (Å²) >= 11 is 0. The van der Waals surface area contributed by atoms with Gasteiger partial charge in [-0.25, -0.2) is 4.98 Å². The molecule has 2 heterocycles. The number of aromatic nitrogens is 2. The van der Waals surface area contributed by atoms with Gasteiger partial charge in [-0.15, -0.1) is 0 Å². The standard InChI is InChI=1S/C24H28N4O3/c1-30-21-10-19(13-26-15-21)23(29)27-14-20-9-18-8-17(12-25-11-16-4-3-5-16)6-7-22(18)24(28-20)31-2/h6-10,13,15-16,25H,3-5,11-12,14H2,1-2H3,(H,27,29). The molecule has 3 aromatic rings. The van der Waals surface area contributed by atoms with Crippen molar-refractivity contribution in [3.8, 4) is 11.6 Å². The highest BCUT2D eigenvalue weighted by atomic mass is 16.5. The summed E-state index contributed by atoms with van der Waals surface area (Å²) in [6.45, 7) is 2.20. The fourth-order valence-corrected chi connectivity index (χ4v) is 3.73. The minimum Gasteiger partial charge on any atom is -0.495 e. The summed E-state index contributed by atoms with van der Waals surface area (Å²) in [5.41, 5.74) is 2.39. The van der Waals surface area contributed by atoms with E-state index < -0.39 is 0 Å². The van der Waals surface area contributed by atoms with E-state index in [1.54, 1.807) is 26.5 Å². The van der Waals surface area contributed by atoms with E-state index in [2.05, 4.69) is 32.7 Å². The number of carbonyl (C=O) groups is 1. The van der Waals surface area contributed by atoms with E-state index in [1.165, 1.54) is 31.0 Å². The van der Waals surface area contributed by atoms with Gasteiger partial charge in [0.1, 0.15) is 5.75 Å². The number of hydrogen-bond donors (Lipinski definition) is 2. The van der Waals surface area contributed by atoms with Gasteiger partial charge in [0.25, 0.3) is 5.91 Å². The summed E-state index contributed by atoms with van der Waals surface area (Å²) < 4.78 is 10.6. The Kier molecular flexibility index (Phi) is 6.62. The van der Waals surface area contributed by atoms with Crippen LogP contribution in [0.15, 0.2) is 42.7 Å². The van der Waals surface area contributed by atoms with Gasteiger partial charge in [0.15, 0.2) is 0 Å². The van der Waals surface area contributed by atoms with Gasteiger partial charge in [0, 0.05) is 18.1 Å². The van der Waals surface area contributed by atoms with Crippen molar-refractivity contribution < 1.29 is 14.3 Å². The maximum Gasteiger partial charge on any atom is 0.253 e. The molecule has 1 aliphatic carbocycles. The lowest BCUT2D eigenvalue weighted by Gasteiger charge is -2.25. The van der Waals surface area contributed by atoms with E-state index in [4.69, 9.17) is 9.47 Å². The number of pyridine rings is 2. The lowest BCUT2D eigenvalue weighted by Crippen LogP contribution is -2.26. The first-order valence-electron chi connectivity index (χ1n) is 10.6. The van der Waals surface area contributed by atoms with Crippen LogP contribution in [-0.4, -0.2) is 36.6 Å². The zero-order chi connectivity index (χ0) is 21.6. The van der Waals surface area contributed by atoms with Crippen molar-refractivity contribution in [3.63, 3.8) is 0 Å². The third-order valence-corrected chi connectivity index (χ3v) is 5.73. The normalized spacial score (nSPS) is 13.6. The average Bonchev–Trinajstić information content (AvgIpc) is 2.78. The molecule has 162 valence electrons. The lowest BCUT2D eigenvalue weighted by atomic mass is 9.85. The van der Waals surface area contributed by atoms with Gasteiger partial charge in [-0.05, 0) is 60.5 Å². The lowest BCUT2D eigenvalue weighted by molar-refractivity contribution is 0.0949. The maximum absolute atomic E-state index is 12.5. The molecular weight excluding hydrogens is 392 g/mol. The van der Waals surface area contributed by atoms with Crippen LogP contribution in [0.3, 0.4) is 0 Å². The van der Waals surface area contributed by atoms with Crippen molar-refractivity contribution >= 4 is 16.7 Å². The van der Waals surface area contributed by atoms with Crippen LogP contribution in [0.5, 0.6) is 11.6 Å². The Morgan fingerprint density at radius 3 is 2.71 bits per heavy atom. The van der Waals surface area contributed by atoms with E-state index >= 15 is 0 Å². The highest BCUT2D eigenvalue weighted by molar-refractivity contribution is 5.94. The molecule has 0 unspecified atom stereocenters. The van der Waals surface area contributed by atoms with Crippen LogP contribution in [0.25, 0.3) is 10.8 Å². The van der Waals surface area contributed by atoms with Crippen molar-refractivity contribution in [1.82, 2.24) is 20.6 Å². The zero-order valence-corrected chi connectivity index (χ0v) is 18.0. The molecule has 31 heavy (non-hydrogen) atoms. The molecule has 0 saturated heterocycles. The Bertz CT molecular complexity index is 1070. The molecule has 2 aromatic heterocycles. The number of nitrogens with zero attached hydrogens (tertiary/aromatic N) is 2. The van der Waals surface area contributed by atoms with Crippen LogP contribution in [-0.2, 0) is 13.1 Å². The SMILES string of the molecule is COc1cncc(C(=O)NCc2cc3cc(CNCC4CCC4)ccc3c(OC)n2)c1. The summed E-state index contributed by atoms with van der Waals surface area (Å²) in [7, 11) is 3.15. The quantitative estimate of drug-likeness (QED) is 0.551. The number of carbonyl (C=O) groups excluding carboxylic acids is 1. The number of nitrogens with one attached hydrogen (secondary N) is 2. The summed E-state index contributed by atoms with van der Waals surface area (Å²) in [5, 5.41) is 8.45. The van der Waals surface area contributed by atoms with E-state index in [-0.39, 0.29) is 12.5 Å². The first kappa shape index (κ1) is 21.1. The molecule has 7 heteroatoms. The minimum atomic E-state index is -0.235. The highest BCUT2D eigenvalue weighted by Crippen LogP contribution is 2.27. The van der Waals surface area contributed by atoms with E-state index in [1.807, 2.05) is 12.1 Å². The van der Waals surface area contributed by atoms with E-state index in [0.29, 0.717) is 17.2 Å². The molecule has 0 atom stereocenters. The van der Waals surface area contributed by atoms with Crippen LogP contribution < -0.4 is 20.1 Å². The van der Waals surface area contributed by atoms with E-state index in [0.717, 1.165) is 35.5 Å². The molecule has 0 bridgehead atoms. The summed E-state index contributed by atoms with van der Waals surface area (Å²) in [5.74, 6) is 1.69. The maximum atomic E-state index is 12.5. The van der Waals surface area contributed by atoms with E-state index in [9.17, 15) is 4.79 Å². The Morgan fingerprint density at radius 1 is 1.10 bits per heavy atom. The second-order valence-corrected chi connectivity index (χ2v) is 7.90. The zero-order valence-electron chi connectivity index (χ0n) is 18.0. The minimum absolute atomic E-state index is 0.235. The molecular formula is C24H28N4O3.